The van der Waals surface area contributed by atoms with Crippen molar-refractivity contribution in [3.05, 3.63) is 53.6 Å². The SMILES string of the molecule is C1CNCCN1.Oc1ccc(/C=C/c2cc(O)cc(O)c2)cc1. The second-order valence-electron chi connectivity index (χ2n) is 5.21. The van der Waals surface area contributed by atoms with E-state index in [1.165, 1.54) is 6.07 Å². The van der Waals surface area contributed by atoms with Crippen LogP contribution in [0.5, 0.6) is 17.2 Å². The third-order valence-corrected chi connectivity index (χ3v) is 3.24. The number of phenolic OH excluding ortho intramolecular Hbond substituents is 3. The molecule has 1 saturated heterocycles. The maximum atomic E-state index is 9.30. The number of aromatic hydroxyl groups is 3. The summed E-state index contributed by atoms with van der Waals surface area (Å²) < 4.78 is 0. The molecule has 0 saturated carbocycles. The van der Waals surface area contributed by atoms with E-state index in [4.69, 9.17) is 5.11 Å². The van der Waals surface area contributed by atoms with Crippen LogP contribution in [-0.4, -0.2) is 41.5 Å². The number of piperazine rings is 1. The van der Waals surface area contributed by atoms with Gasteiger partial charge in [0.2, 0.25) is 0 Å². The van der Waals surface area contributed by atoms with E-state index in [0.717, 1.165) is 31.7 Å². The first-order valence-corrected chi connectivity index (χ1v) is 7.55. The molecule has 0 aliphatic carbocycles. The van der Waals surface area contributed by atoms with Gasteiger partial charge < -0.3 is 26.0 Å². The molecule has 5 nitrogen and oxygen atoms in total. The van der Waals surface area contributed by atoms with Crippen molar-refractivity contribution in [2.75, 3.05) is 26.2 Å². The minimum absolute atomic E-state index is 0.0235. The molecule has 0 amide bonds. The quantitative estimate of drug-likeness (QED) is 0.549. The standard InChI is InChI=1S/C14H12O3.C4H10N2/c15-12-5-3-10(4-6-12)1-2-11-7-13(16)9-14(17)8-11;1-2-6-4-3-5-1/h1-9,15-17H;5-6H,1-4H2/b2-1+;. The molecule has 2 aromatic carbocycles. The van der Waals surface area contributed by atoms with Crippen LogP contribution in [0.2, 0.25) is 0 Å². The first-order valence-electron chi connectivity index (χ1n) is 7.55. The predicted molar refractivity (Wildman–Crippen MR) is 92.5 cm³/mol. The minimum atomic E-state index is 0.0235. The Morgan fingerprint density at radius 1 is 0.609 bits per heavy atom. The van der Waals surface area contributed by atoms with Crippen molar-refractivity contribution in [2.45, 2.75) is 0 Å². The normalized spacial score (nSPS) is 14.3. The molecular weight excluding hydrogens is 292 g/mol. The minimum Gasteiger partial charge on any atom is -0.508 e. The molecule has 0 bridgehead atoms. The molecular formula is C18H22N2O3. The van der Waals surface area contributed by atoms with E-state index in [1.54, 1.807) is 42.5 Å². The first-order chi connectivity index (χ1) is 11.1. The average molecular weight is 314 g/mol. The second kappa shape index (κ2) is 8.82. The van der Waals surface area contributed by atoms with Gasteiger partial charge in [0.1, 0.15) is 17.2 Å². The highest BCUT2D eigenvalue weighted by Crippen LogP contribution is 2.22. The van der Waals surface area contributed by atoms with Gasteiger partial charge in [-0.05, 0) is 35.4 Å². The lowest BCUT2D eigenvalue weighted by Gasteiger charge is -2.11. The average Bonchev–Trinajstić information content (AvgIpc) is 2.56. The fraction of sp³-hybridized carbons (Fsp3) is 0.222. The Labute approximate surface area is 135 Å². The summed E-state index contributed by atoms with van der Waals surface area (Å²) in [6.45, 7) is 4.56. The largest absolute Gasteiger partial charge is 0.508 e. The maximum absolute atomic E-state index is 9.30. The zero-order valence-corrected chi connectivity index (χ0v) is 12.9. The van der Waals surface area contributed by atoms with Gasteiger partial charge in [-0.1, -0.05) is 24.3 Å². The van der Waals surface area contributed by atoms with Crippen molar-refractivity contribution in [3.63, 3.8) is 0 Å². The Hall–Kier alpha value is -2.50. The highest BCUT2D eigenvalue weighted by molar-refractivity contribution is 5.71. The predicted octanol–water partition coefficient (Wildman–Crippen LogP) is 2.15. The van der Waals surface area contributed by atoms with E-state index in [1.807, 2.05) is 6.08 Å². The van der Waals surface area contributed by atoms with Crippen molar-refractivity contribution in [1.82, 2.24) is 10.6 Å². The van der Waals surface area contributed by atoms with E-state index in [2.05, 4.69) is 10.6 Å². The van der Waals surface area contributed by atoms with Crippen LogP contribution < -0.4 is 10.6 Å². The van der Waals surface area contributed by atoms with Crippen LogP contribution in [0.25, 0.3) is 12.2 Å². The Kier molecular flexibility index (Phi) is 6.47. The summed E-state index contributed by atoms with van der Waals surface area (Å²) in [6.07, 6.45) is 3.60. The maximum Gasteiger partial charge on any atom is 0.119 e. The van der Waals surface area contributed by atoms with Gasteiger partial charge >= 0.3 is 0 Å². The van der Waals surface area contributed by atoms with Gasteiger partial charge in [-0.25, -0.2) is 0 Å². The molecule has 1 aliphatic heterocycles. The molecule has 0 aromatic heterocycles. The van der Waals surface area contributed by atoms with Crippen molar-refractivity contribution >= 4 is 12.2 Å². The summed E-state index contributed by atoms with van der Waals surface area (Å²) in [5, 5.41) is 34.2. The number of nitrogens with one attached hydrogen (secondary N) is 2. The van der Waals surface area contributed by atoms with Gasteiger partial charge in [0, 0.05) is 32.2 Å². The van der Waals surface area contributed by atoms with Gasteiger partial charge in [0.15, 0.2) is 0 Å². The summed E-state index contributed by atoms with van der Waals surface area (Å²) in [5.74, 6) is 0.267. The van der Waals surface area contributed by atoms with Crippen LogP contribution in [0, 0.1) is 0 Å². The summed E-state index contributed by atoms with van der Waals surface area (Å²) in [7, 11) is 0. The summed E-state index contributed by atoms with van der Waals surface area (Å²) in [6, 6.07) is 11.1. The van der Waals surface area contributed by atoms with Crippen LogP contribution in [0.1, 0.15) is 11.1 Å². The Balaban J connectivity index is 0.000000268. The van der Waals surface area contributed by atoms with E-state index in [9.17, 15) is 10.2 Å². The van der Waals surface area contributed by atoms with Gasteiger partial charge in [0.05, 0.1) is 0 Å². The van der Waals surface area contributed by atoms with E-state index in [0.29, 0.717) is 5.56 Å². The molecule has 23 heavy (non-hydrogen) atoms. The first kappa shape index (κ1) is 16.9. The van der Waals surface area contributed by atoms with Crippen molar-refractivity contribution in [2.24, 2.45) is 0 Å². The zero-order valence-electron chi connectivity index (χ0n) is 12.9. The molecule has 0 spiro atoms. The van der Waals surface area contributed by atoms with E-state index >= 15 is 0 Å². The molecule has 0 atom stereocenters. The molecule has 1 fully saturated rings. The van der Waals surface area contributed by atoms with Crippen LogP contribution >= 0.6 is 0 Å². The molecule has 5 N–H and O–H groups in total. The molecule has 122 valence electrons. The molecule has 1 heterocycles. The lowest BCUT2D eigenvalue weighted by molar-refractivity contribution is 0.450. The lowest BCUT2D eigenvalue weighted by atomic mass is 10.1. The Morgan fingerprint density at radius 2 is 1.09 bits per heavy atom. The number of benzene rings is 2. The van der Waals surface area contributed by atoms with Crippen LogP contribution in [-0.2, 0) is 0 Å². The number of hydrogen-bond donors (Lipinski definition) is 5. The van der Waals surface area contributed by atoms with Crippen LogP contribution in [0.3, 0.4) is 0 Å². The topological polar surface area (TPSA) is 84.8 Å². The van der Waals surface area contributed by atoms with Gasteiger partial charge in [0.25, 0.3) is 0 Å². The Morgan fingerprint density at radius 3 is 1.57 bits per heavy atom. The van der Waals surface area contributed by atoms with Crippen molar-refractivity contribution in [3.8, 4) is 17.2 Å². The zero-order chi connectivity index (χ0) is 16.5. The molecule has 0 radical (unpaired) electrons. The molecule has 2 aromatic rings. The number of rotatable bonds is 2. The van der Waals surface area contributed by atoms with E-state index in [-0.39, 0.29) is 17.2 Å². The Bertz CT molecular complexity index is 603. The number of hydrogen-bond acceptors (Lipinski definition) is 5. The number of phenols is 3. The third kappa shape index (κ3) is 6.42. The lowest BCUT2D eigenvalue weighted by Crippen LogP contribution is -2.39. The fourth-order valence-corrected chi connectivity index (χ4v) is 2.10. The van der Waals surface area contributed by atoms with Gasteiger partial charge in [-0.15, -0.1) is 0 Å². The second-order valence-corrected chi connectivity index (χ2v) is 5.21. The van der Waals surface area contributed by atoms with Gasteiger partial charge in [-0.3, -0.25) is 0 Å². The third-order valence-electron chi connectivity index (χ3n) is 3.24. The summed E-state index contributed by atoms with van der Waals surface area (Å²) in [5.41, 5.74) is 1.63. The molecule has 5 heteroatoms. The summed E-state index contributed by atoms with van der Waals surface area (Å²) >= 11 is 0. The van der Waals surface area contributed by atoms with Crippen molar-refractivity contribution < 1.29 is 15.3 Å². The van der Waals surface area contributed by atoms with Crippen LogP contribution in [0.4, 0.5) is 0 Å². The van der Waals surface area contributed by atoms with Crippen LogP contribution in [0.15, 0.2) is 42.5 Å². The highest BCUT2D eigenvalue weighted by atomic mass is 16.3. The fourth-order valence-electron chi connectivity index (χ4n) is 2.10. The van der Waals surface area contributed by atoms with Gasteiger partial charge in [-0.2, -0.15) is 0 Å². The molecule has 3 rings (SSSR count). The van der Waals surface area contributed by atoms with E-state index < -0.39 is 0 Å². The monoisotopic (exact) mass is 314 g/mol. The summed E-state index contributed by atoms with van der Waals surface area (Å²) in [4.78, 5) is 0. The molecule has 1 aliphatic rings. The highest BCUT2D eigenvalue weighted by Gasteiger charge is 1.96. The smallest absolute Gasteiger partial charge is 0.119 e. The molecule has 0 unspecified atom stereocenters. The van der Waals surface area contributed by atoms with Crippen molar-refractivity contribution in [1.29, 1.82) is 0 Å².